The van der Waals surface area contributed by atoms with Gasteiger partial charge in [0.25, 0.3) is 0 Å². The Kier molecular flexibility index (Phi) is 4.67. The summed E-state index contributed by atoms with van der Waals surface area (Å²) >= 11 is 0. The highest BCUT2D eigenvalue weighted by Crippen LogP contribution is 2.23. The van der Waals surface area contributed by atoms with Crippen LogP contribution < -0.4 is 10.5 Å². The lowest BCUT2D eigenvalue weighted by Crippen LogP contribution is -2.30. The van der Waals surface area contributed by atoms with E-state index in [9.17, 15) is 4.79 Å². The van der Waals surface area contributed by atoms with Crippen molar-refractivity contribution in [3.05, 3.63) is 53.6 Å². The third kappa shape index (κ3) is 4.38. The maximum absolute atomic E-state index is 11.4. The van der Waals surface area contributed by atoms with Gasteiger partial charge in [-0.25, -0.2) is 4.79 Å². The number of carbonyl (C=O) groups is 1. The van der Waals surface area contributed by atoms with E-state index in [1.807, 2.05) is 39.0 Å². The number of nitrogens with two attached hydrogens (primary N) is 1. The zero-order valence-electron chi connectivity index (χ0n) is 12.0. The van der Waals surface area contributed by atoms with E-state index in [0.29, 0.717) is 11.3 Å². The summed E-state index contributed by atoms with van der Waals surface area (Å²) in [7, 11) is 0. The molecule has 0 bridgehead atoms. The first kappa shape index (κ1) is 15.2. The Labute approximate surface area is 114 Å². The fourth-order valence-electron chi connectivity index (χ4n) is 1.76. The number of esters is 1. The molecule has 102 valence electrons. The van der Waals surface area contributed by atoms with Crippen LogP contribution in [0.2, 0.25) is 0 Å². The molecular formula is C16H21NO2. The summed E-state index contributed by atoms with van der Waals surface area (Å²) in [6, 6.07) is 7.20. The van der Waals surface area contributed by atoms with Gasteiger partial charge in [-0.2, -0.15) is 0 Å². The first-order valence-corrected chi connectivity index (χ1v) is 6.15. The molecule has 0 saturated heterocycles. The van der Waals surface area contributed by atoms with E-state index < -0.39 is 11.5 Å². The molecule has 2 N–H and O–H groups in total. The van der Waals surface area contributed by atoms with Crippen LogP contribution in [0, 0.1) is 0 Å². The van der Waals surface area contributed by atoms with Crippen LogP contribution in [0.3, 0.4) is 0 Å². The van der Waals surface area contributed by atoms with Crippen molar-refractivity contribution in [3.8, 4) is 5.75 Å². The molecule has 0 saturated carbocycles. The first-order valence-electron chi connectivity index (χ1n) is 6.15. The summed E-state index contributed by atoms with van der Waals surface area (Å²) < 4.78 is 5.13. The molecule has 1 unspecified atom stereocenters. The van der Waals surface area contributed by atoms with Gasteiger partial charge < -0.3 is 10.5 Å². The van der Waals surface area contributed by atoms with Gasteiger partial charge in [-0.15, -0.1) is 0 Å². The Morgan fingerprint density at radius 3 is 2.21 bits per heavy atom. The van der Waals surface area contributed by atoms with Gasteiger partial charge in [0.2, 0.25) is 0 Å². The smallest absolute Gasteiger partial charge is 0.338 e. The molecule has 0 spiro atoms. The molecular weight excluding hydrogens is 238 g/mol. The average Bonchev–Trinajstić information content (AvgIpc) is 2.27. The fraction of sp³-hybridized carbons (Fsp3) is 0.312. The molecule has 1 rings (SSSR count). The van der Waals surface area contributed by atoms with Gasteiger partial charge in [-0.1, -0.05) is 30.4 Å². The summed E-state index contributed by atoms with van der Waals surface area (Å²) in [6.07, 6.45) is 2.00. The molecule has 0 radical (unpaired) electrons. The maximum atomic E-state index is 11.4. The van der Waals surface area contributed by atoms with Crippen molar-refractivity contribution in [1.82, 2.24) is 0 Å². The third-order valence-electron chi connectivity index (χ3n) is 2.62. The highest BCUT2D eigenvalue weighted by atomic mass is 16.5. The van der Waals surface area contributed by atoms with Gasteiger partial charge >= 0.3 is 5.97 Å². The van der Waals surface area contributed by atoms with Crippen LogP contribution in [0.25, 0.3) is 0 Å². The minimum Gasteiger partial charge on any atom is -0.423 e. The van der Waals surface area contributed by atoms with E-state index in [-0.39, 0.29) is 0 Å². The highest BCUT2D eigenvalue weighted by molar-refractivity contribution is 5.88. The molecule has 0 aliphatic rings. The van der Waals surface area contributed by atoms with Crippen molar-refractivity contribution in [2.45, 2.75) is 33.2 Å². The lowest BCUT2D eigenvalue weighted by molar-refractivity contribution is -0.130. The first-order chi connectivity index (χ1) is 8.72. The molecule has 0 amide bonds. The van der Waals surface area contributed by atoms with Gasteiger partial charge in [0, 0.05) is 5.57 Å². The van der Waals surface area contributed by atoms with Gasteiger partial charge in [0.15, 0.2) is 0 Å². The van der Waals surface area contributed by atoms with Crippen LogP contribution in [0.5, 0.6) is 5.75 Å². The van der Waals surface area contributed by atoms with E-state index in [1.54, 1.807) is 19.1 Å². The maximum Gasteiger partial charge on any atom is 0.338 e. The predicted molar refractivity (Wildman–Crippen MR) is 77.9 cm³/mol. The Morgan fingerprint density at radius 2 is 1.79 bits per heavy atom. The van der Waals surface area contributed by atoms with Crippen LogP contribution in [0.1, 0.15) is 33.3 Å². The van der Waals surface area contributed by atoms with Crippen LogP contribution in [0.15, 0.2) is 48.1 Å². The van der Waals surface area contributed by atoms with E-state index in [0.717, 1.165) is 11.1 Å². The van der Waals surface area contributed by atoms with Gasteiger partial charge in [0.1, 0.15) is 5.75 Å². The number of hydrogen-bond donors (Lipinski definition) is 1. The largest absolute Gasteiger partial charge is 0.423 e. The molecule has 19 heavy (non-hydrogen) atoms. The monoisotopic (exact) mass is 259 g/mol. The molecule has 1 atom stereocenters. The van der Waals surface area contributed by atoms with Gasteiger partial charge in [0.05, 0.1) is 5.54 Å². The SMILES string of the molecule is C=C(C)C(=O)Oc1ccc(C(C)(N)C=C(C)C)cc1. The number of benzene rings is 1. The number of ether oxygens (including phenoxy) is 1. The summed E-state index contributed by atoms with van der Waals surface area (Å²) in [6.45, 7) is 11.1. The Balaban J connectivity index is 2.91. The second kappa shape index (κ2) is 5.85. The molecule has 1 aromatic rings. The number of rotatable bonds is 4. The van der Waals surface area contributed by atoms with Crippen LogP contribution in [-0.4, -0.2) is 5.97 Å². The van der Waals surface area contributed by atoms with Crippen molar-refractivity contribution >= 4 is 5.97 Å². The zero-order chi connectivity index (χ0) is 14.6. The van der Waals surface area contributed by atoms with E-state index in [1.165, 1.54) is 0 Å². The van der Waals surface area contributed by atoms with Gasteiger partial charge in [-0.3, -0.25) is 0 Å². The molecule has 0 aliphatic carbocycles. The molecule has 0 aromatic heterocycles. The van der Waals surface area contributed by atoms with E-state index in [2.05, 4.69) is 6.58 Å². The lowest BCUT2D eigenvalue weighted by atomic mass is 9.91. The Bertz CT molecular complexity index is 506. The van der Waals surface area contributed by atoms with Crippen molar-refractivity contribution in [1.29, 1.82) is 0 Å². The van der Waals surface area contributed by atoms with Crippen molar-refractivity contribution in [2.24, 2.45) is 5.73 Å². The Hall–Kier alpha value is -1.87. The normalized spacial score (nSPS) is 13.3. The van der Waals surface area contributed by atoms with Crippen LogP contribution in [0.4, 0.5) is 0 Å². The second-order valence-corrected chi connectivity index (χ2v) is 5.20. The quantitative estimate of drug-likeness (QED) is 0.390. The number of hydrogen-bond acceptors (Lipinski definition) is 3. The minimum absolute atomic E-state index is 0.372. The molecule has 0 aliphatic heterocycles. The standard InChI is InChI=1S/C16H21NO2/c1-11(2)10-16(5,17)13-6-8-14(9-7-13)19-15(18)12(3)4/h6-10H,3,17H2,1-2,4-5H3. The highest BCUT2D eigenvalue weighted by Gasteiger charge is 2.18. The minimum atomic E-state index is -0.532. The summed E-state index contributed by atoms with van der Waals surface area (Å²) in [5.41, 5.74) is 8.20. The summed E-state index contributed by atoms with van der Waals surface area (Å²) in [4.78, 5) is 11.4. The third-order valence-corrected chi connectivity index (χ3v) is 2.62. The second-order valence-electron chi connectivity index (χ2n) is 5.20. The van der Waals surface area contributed by atoms with Crippen LogP contribution >= 0.6 is 0 Å². The zero-order valence-corrected chi connectivity index (χ0v) is 12.0. The summed E-state index contributed by atoms with van der Waals surface area (Å²) in [5.74, 6) is 0.0670. The van der Waals surface area contributed by atoms with E-state index >= 15 is 0 Å². The number of allylic oxidation sites excluding steroid dienone is 1. The predicted octanol–water partition coefficient (Wildman–Crippen LogP) is 3.31. The topological polar surface area (TPSA) is 52.3 Å². The van der Waals surface area contributed by atoms with Crippen LogP contribution in [-0.2, 0) is 10.3 Å². The lowest BCUT2D eigenvalue weighted by Gasteiger charge is -2.22. The molecule has 3 heteroatoms. The molecule has 0 fully saturated rings. The molecule has 3 nitrogen and oxygen atoms in total. The summed E-state index contributed by atoms with van der Waals surface area (Å²) in [5, 5.41) is 0. The van der Waals surface area contributed by atoms with Crippen molar-refractivity contribution < 1.29 is 9.53 Å². The van der Waals surface area contributed by atoms with E-state index in [4.69, 9.17) is 10.5 Å². The molecule has 0 heterocycles. The Morgan fingerprint density at radius 1 is 1.26 bits per heavy atom. The molecule has 1 aromatic carbocycles. The van der Waals surface area contributed by atoms with Crippen molar-refractivity contribution in [2.75, 3.05) is 0 Å². The van der Waals surface area contributed by atoms with Gasteiger partial charge in [-0.05, 0) is 45.4 Å². The number of carbonyl (C=O) groups excluding carboxylic acids is 1. The fourth-order valence-corrected chi connectivity index (χ4v) is 1.76. The average molecular weight is 259 g/mol. The van der Waals surface area contributed by atoms with Crippen molar-refractivity contribution in [3.63, 3.8) is 0 Å².